The summed E-state index contributed by atoms with van der Waals surface area (Å²) in [6, 6.07) is 8.38. The van der Waals surface area contributed by atoms with E-state index in [1.165, 1.54) is 17.4 Å². The monoisotopic (exact) mass is 430 g/mol. The summed E-state index contributed by atoms with van der Waals surface area (Å²) in [7, 11) is 0. The highest BCUT2D eigenvalue weighted by Gasteiger charge is 2.35. The molecule has 1 amide bonds. The number of anilines is 1. The van der Waals surface area contributed by atoms with Crippen molar-refractivity contribution < 1.29 is 23.1 Å². The molecule has 0 spiro atoms. The number of halogens is 2. The number of benzene rings is 2. The van der Waals surface area contributed by atoms with Crippen molar-refractivity contribution >= 4 is 39.1 Å². The van der Waals surface area contributed by atoms with Crippen LogP contribution in [0.4, 0.5) is 14.5 Å². The van der Waals surface area contributed by atoms with Crippen LogP contribution in [0.25, 0.3) is 10.2 Å². The van der Waals surface area contributed by atoms with E-state index in [-0.39, 0.29) is 31.0 Å². The van der Waals surface area contributed by atoms with E-state index in [9.17, 15) is 18.4 Å². The second-order valence-corrected chi connectivity index (χ2v) is 8.40. The van der Waals surface area contributed by atoms with Crippen molar-refractivity contribution in [1.82, 2.24) is 4.98 Å². The number of hydrogen-bond donors (Lipinski definition) is 0. The lowest BCUT2D eigenvalue weighted by atomic mass is 9.88. The average Bonchev–Trinajstić information content (AvgIpc) is 3.12. The Labute approximate surface area is 176 Å². The smallest absolute Gasteiger partial charge is 0.306 e. The molecule has 156 valence electrons. The van der Waals surface area contributed by atoms with Gasteiger partial charge in [-0.3, -0.25) is 9.59 Å². The van der Waals surface area contributed by atoms with E-state index >= 15 is 0 Å². The number of hydrogen-bond acceptors (Lipinski definition) is 5. The SMILES string of the molecule is CCOC(=O)CC1Cc2ccc(C)cc2N(Cc2nc3c(F)c(F)ccc3s2)C1=O. The van der Waals surface area contributed by atoms with Crippen LogP contribution in [0.5, 0.6) is 0 Å². The van der Waals surface area contributed by atoms with E-state index in [1.54, 1.807) is 11.8 Å². The number of carbonyl (C=O) groups is 2. The fourth-order valence-electron chi connectivity index (χ4n) is 3.72. The summed E-state index contributed by atoms with van der Waals surface area (Å²) < 4.78 is 33.1. The molecule has 1 aliphatic rings. The zero-order chi connectivity index (χ0) is 21.4. The molecule has 2 heterocycles. The highest BCUT2D eigenvalue weighted by atomic mass is 32.1. The zero-order valence-electron chi connectivity index (χ0n) is 16.6. The van der Waals surface area contributed by atoms with Crippen LogP contribution in [0.1, 0.15) is 29.5 Å². The summed E-state index contributed by atoms with van der Waals surface area (Å²) in [4.78, 5) is 31.1. The third-order valence-electron chi connectivity index (χ3n) is 5.12. The predicted octanol–water partition coefficient (Wildman–Crippen LogP) is 4.54. The molecule has 3 aromatic rings. The van der Waals surface area contributed by atoms with Gasteiger partial charge in [0.25, 0.3) is 0 Å². The van der Waals surface area contributed by atoms with E-state index in [4.69, 9.17) is 4.74 Å². The fourth-order valence-corrected chi connectivity index (χ4v) is 4.67. The van der Waals surface area contributed by atoms with Crippen molar-refractivity contribution in [3.05, 3.63) is 58.1 Å². The number of aryl methyl sites for hydroxylation is 1. The van der Waals surface area contributed by atoms with Crippen molar-refractivity contribution in [1.29, 1.82) is 0 Å². The predicted molar refractivity (Wildman–Crippen MR) is 110 cm³/mol. The van der Waals surface area contributed by atoms with Crippen molar-refractivity contribution in [3.8, 4) is 0 Å². The van der Waals surface area contributed by atoms with Crippen LogP contribution in [0.3, 0.4) is 0 Å². The van der Waals surface area contributed by atoms with Gasteiger partial charge in [0.2, 0.25) is 5.91 Å². The zero-order valence-corrected chi connectivity index (χ0v) is 17.4. The second-order valence-electron chi connectivity index (χ2n) is 7.28. The topological polar surface area (TPSA) is 59.5 Å². The molecule has 0 bridgehead atoms. The van der Waals surface area contributed by atoms with Gasteiger partial charge in [-0.2, -0.15) is 0 Å². The third-order valence-corrected chi connectivity index (χ3v) is 6.13. The first-order valence-electron chi connectivity index (χ1n) is 9.67. The summed E-state index contributed by atoms with van der Waals surface area (Å²) in [6.45, 7) is 4.03. The maximum atomic E-state index is 14.1. The standard InChI is InChI=1S/C22H20F2N2O3S/c1-3-29-19(27)10-14-9-13-5-4-12(2)8-16(13)26(22(14)28)11-18-25-21-17(30-18)7-6-15(23)20(21)24/h4-8,14H,3,9-11H2,1-2H3. The minimum atomic E-state index is -0.989. The number of amides is 1. The minimum absolute atomic E-state index is 0.00380. The van der Waals surface area contributed by atoms with Crippen LogP contribution < -0.4 is 4.90 Å². The van der Waals surface area contributed by atoms with Crippen LogP contribution >= 0.6 is 11.3 Å². The lowest BCUT2D eigenvalue weighted by Gasteiger charge is -2.33. The Morgan fingerprint density at radius 2 is 2.10 bits per heavy atom. The van der Waals surface area contributed by atoms with Gasteiger partial charge in [-0.25, -0.2) is 13.8 Å². The molecule has 0 radical (unpaired) electrons. The first-order chi connectivity index (χ1) is 14.4. The quantitative estimate of drug-likeness (QED) is 0.558. The maximum Gasteiger partial charge on any atom is 0.306 e. The first-order valence-corrected chi connectivity index (χ1v) is 10.5. The van der Waals surface area contributed by atoms with Gasteiger partial charge in [-0.05, 0) is 49.6 Å². The molecule has 5 nitrogen and oxygen atoms in total. The largest absolute Gasteiger partial charge is 0.466 e. The summed E-state index contributed by atoms with van der Waals surface area (Å²) in [6.07, 6.45) is 0.444. The molecule has 1 unspecified atom stereocenters. The summed E-state index contributed by atoms with van der Waals surface area (Å²) in [5.74, 6) is -3.10. The van der Waals surface area contributed by atoms with Crippen molar-refractivity contribution in [2.75, 3.05) is 11.5 Å². The molecule has 0 aliphatic carbocycles. The van der Waals surface area contributed by atoms with Gasteiger partial charge in [0.1, 0.15) is 10.5 Å². The number of fused-ring (bicyclic) bond motifs is 2. The van der Waals surface area contributed by atoms with Crippen LogP contribution in [0.2, 0.25) is 0 Å². The van der Waals surface area contributed by atoms with Crippen molar-refractivity contribution in [2.45, 2.75) is 33.2 Å². The summed E-state index contributed by atoms with van der Waals surface area (Å²) >= 11 is 1.21. The fraction of sp³-hybridized carbons (Fsp3) is 0.318. The molecule has 0 fully saturated rings. The van der Waals surface area contributed by atoms with E-state index in [1.807, 2.05) is 25.1 Å². The van der Waals surface area contributed by atoms with Crippen LogP contribution in [0, 0.1) is 24.5 Å². The molecular weight excluding hydrogens is 410 g/mol. The molecule has 1 aromatic heterocycles. The summed E-state index contributed by atoms with van der Waals surface area (Å²) in [5.41, 5.74) is 2.67. The Hall–Kier alpha value is -2.87. The van der Waals surface area contributed by atoms with Gasteiger partial charge < -0.3 is 9.64 Å². The number of rotatable bonds is 5. The normalized spacial score (nSPS) is 16.1. The number of esters is 1. The Balaban J connectivity index is 1.69. The number of nitrogens with zero attached hydrogens (tertiary/aromatic N) is 2. The molecule has 0 N–H and O–H groups in total. The lowest BCUT2D eigenvalue weighted by Crippen LogP contribution is -2.42. The Morgan fingerprint density at radius 3 is 2.87 bits per heavy atom. The minimum Gasteiger partial charge on any atom is -0.466 e. The lowest BCUT2D eigenvalue weighted by molar-refractivity contribution is -0.146. The highest BCUT2D eigenvalue weighted by Crippen LogP contribution is 2.35. The molecule has 0 saturated carbocycles. The maximum absolute atomic E-state index is 14.1. The van der Waals surface area contributed by atoms with Gasteiger partial charge >= 0.3 is 5.97 Å². The summed E-state index contributed by atoms with van der Waals surface area (Å²) in [5, 5.41) is 0.493. The van der Waals surface area contributed by atoms with Gasteiger partial charge in [0, 0.05) is 5.69 Å². The highest BCUT2D eigenvalue weighted by molar-refractivity contribution is 7.18. The van der Waals surface area contributed by atoms with Crippen LogP contribution in [0.15, 0.2) is 30.3 Å². The molecule has 4 rings (SSSR count). The molecular formula is C22H20F2N2O3S. The third kappa shape index (κ3) is 3.79. The number of ether oxygens (including phenoxy) is 1. The molecule has 1 atom stereocenters. The molecule has 1 aliphatic heterocycles. The number of thiazole rings is 1. The number of carbonyl (C=O) groups excluding carboxylic acids is 2. The Kier molecular flexibility index (Phi) is 5.51. The molecule has 30 heavy (non-hydrogen) atoms. The van der Waals surface area contributed by atoms with Gasteiger partial charge in [0.05, 0.1) is 30.2 Å². The van der Waals surface area contributed by atoms with Crippen LogP contribution in [-0.2, 0) is 27.3 Å². The van der Waals surface area contributed by atoms with E-state index < -0.39 is 23.5 Å². The van der Waals surface area contributed by atoms with Crippen LogP contribution in [-0.4, -0.2) is 23.5 Å². The van der Waals surface area contributed by atoms with E-state index in [0.29, 0.717) is 16.1 Å². The molecule has 2 aromatic carbocycles. The average molecular weight is 430 g/mol. The van der Waals surface area contributed by atoms with Gasteiger partial charge in [0.15, 0.2) is 11.6 Å². The van der Waals surface area contributed by atoms with Gasteiger partial charge in [-0.15, -0.1) is 11.3 Å². The second kappa shape index (κ2) is 8.10. The van der Waals surface area contributed by atoms with Gasteiger partial charge in [-0.1, -0.05) is 12.1 Å². The van der Waals surface area contributed by atoms with E-state index in [0.717, 1.165) is 22.9 Å². The van der Waals surface area contributed by atoms with Crippen molar-refractivity contribution in [3.63, 3.8) is 0 Å². The first kappa shape index (κ1) is 20.4. The number of aromatic nitrogens is 1. The molecule has 0 saturated heterocycles. The molecule has 8 heteroatoms. The Bertz CT molecular complexity index is 1140. The van der Waals surface area contributed by atoms with E-state index in [2.05, 4.69) is 4.98 Å². The Morgan fingerprint density at radius 1 is 1.30 bits per heavy atom. The van der Waals surface area contributed by atoms with Crippen molar-refractivity contribution in [2.24, 2.45) is 5.92 Å².